The smallest absolute Gasteiger partial charge is 0.0491 e. The maximum atomic E-state index is 2.45. The molecular formula is C68H53N. The molecule has 0 bridgehead atoms. The summed E-state index contributed by atoms with van der Waals surface area (Å²) in [6, 6.07) is 87.9. The molecule has 12 rings (SSSR count). The second kappa shape index (κ2) is 17.1. The molecule has 0 radical (unpaired) electrons. The van der Waals surface area contributed by atoms with Crippen molar-refractivity contribution in [2.45, 2.75) is 39.7 Å². The van der Waals surface area contributed by atoms with Gasteiger partial charge in [-0.25, -0.2) is 0 Å². The van der Waals surface area contributed by atoms with Crippen LogP contribution in [0.2, 0.25) is 0 Å². The highest BCUT2D eigenvalue weighted by Crippen LogP contribution is 2.47. The highest BCUT2D eigenvalue weighted by molar-refractivity contribution is 6.22. The molecule has 0 aliphatic heterocycles. The molecule has 12 aromatic rings. The van der Waals surface area contributed by atoms with Gasteiger partial charge >= 0.3 is 0 Å². The van der Waals surface area contributed by atoms with Crippen LogP contribution in [0.3, 0.4) is 0 Å². The first kappa shape index (κ1) is 42.1. The Bertz CT molecular complexity index is 3830. The molecule has 0 unspecified atom stereocenters. The molecule has 0 spiro atoms. The molecule has 0 aliphatic carbocycles. The number of hydrogen-bond acceptors (Lipinski definition) is 0. The van der Waals surface area contributed by atoms with E-state index in [0.29, 0.717) is 0 Å². The molecule has 0 amide bonds. The van der Waals surface area contributed by atoms with Crippen LogP contribution in [0.15, 0.2) is 237 Å². The van der Waals surface area contributed by atoms with Crippen LogP contribution in [0.5, 0.6) is 0 Å². The summed E-state index contributed by atoms with van der Waals surface area (Å²) < 4.78 is 2.45. The Morgan fingerprint density at radius 3 is 0.986 bits per heavy atom. The fourth-order valence-electron chi connectivity index (χ4n) is 10.7. The van der Waals surface area contributed by atoms with Crippen molar-refractivity contribution in [2.75, 3.05) is 0 Å². The van der Waals surface area contributed by atoms with E-state index in [4.69, 9.17) is 0 Å². The third kappa shape index (κ3) is 7.61. The van der Waals surface area contributed by atoms with Crippen LogP contribution in [-0.2, 0) is 12.0 Å². The highest BCUT2D eigenvalue weighted by Gasteiger charge is 2.21. The molecule has 0 N–H and O–H groups in total. The summed E-state index contributed by atoms with van der Waals surface area (Å²) in [6.07, 6.45) is 0. The topological polar surface area (TPSA) is 4.93 Å². The van der Waals surface area contributed by atoms with Gasteiger partial charge < -0.3 is 4.57 Å². The van der Waals surface area contributed by atoms with Crippen LogP contribution in [0.4, 0.5) is 0 Å². The van der Waals surface area contributed by atoms with Crippen LogP contribution in [0, 0.1) is 0 Å². The molecule has 1 heteroatoms. The van der Waals surface area contributed by atoms with Gasteiger partial charge in [0.15, 0.2) is 0 Å². The number of rotatable bonds is 8. The van der Waals surface area contributed by atoms with E-state index in [2.05, 4.69) is 269 Å². The van der Waals surface area contributed by atoms with E-state index in [9.17, 15) is 0 Å². The molecule has 0 saturated heterocycles. The van der Waals surface area contributed by atoms with E-state index >= 15 is 0 Å². The van der Waals surface area contributed by atoms with Gasteiger partial charge in [-0.05, 0) is 154 Å². The van der Waals surface area contributed by atoms with Crippen molar-refractivity contribution < 1.29 is 0 Å². The standard InChI is InChI=1S/C68H53N/c1-5-69-64-39-35-56(41-60(64)61-44-57(68(2,3)4)36-40-65(61)69)51-23-21-49(22-24-51)50-27-31-53(32-28-50)67-59-38-34-54(46-17-11-7-12-18-46)42-62(59)66(52-29-25-48(26-30-52)45-15-9-6-10-16-45)58-37-33-55(43-63(58)67)47-19-13-8-14-20-47/h6-44H,5H2,1-4H3. The van der Waals surface area contributed by atoms with Gasteiger partial charge in [-0.15, -0.1) is 0 Å². The van der Waals surface area contributed by atoms with Crippen molar-refractivity contribution in [3.63, 3.8) is 0 Å². The van der Waals surface area contributed by atoms with Gasteiger partial charge in [0.05, 0.1) is 0 Å². The summed E-state index contributed by atoms with van der Waals surface area (Å²) in [5, 5.41) is 7.60. The third-order valence-corrected chi connectivity index (χ3v) is 14.4. The third-order valence-electron chi connectivity index (χ3n) is 14.4. The predicted molar refractivity (Wildman–Crippen MR) is 297 cm³/mol. The largest absolute Gasteiger partial charge is 0.341 e. The van der Waals surface area contributed by atoms with Crippen molar-refractivity contribution in [1.29, 1.82) is 0 Å². The van der Waals surface area contributed by atoms with Gasteiger partial charge in [0.25, 0.3) is 0 Å². The lowest BCUT2D eigenvalue weighted by Crippen LogP contribution is -2.10. The number of fused-ring (bicyclic) bond motifs is 5. The van der Waals surface area contributed by atoms with Gasteiger partial charge in [-0.1, -0.05) is 221 Å². The van der Waals surface area contributed by atoms with E-state index < -0.39 is 0 Å². The average molecular weight is 884 g/mol. The van der Waals surface area contributed by atoms with Crippen LogP contribution in [0.25, 0.3) is 121 Å². The Morgan fingerprint density at radius 2 is 0.580 bits per heavy atom. The molecule has 330 valence electrons. The first-order valence-electron chi connectivity index (χ1n) is 24.4. The molecule has 0 fully saturated rings. The van der Waals surface area contributed by atoms with Crippen molar-refractivity contribution in [3.05, 3.63) is 242 Å². The lowest BCUT2D eigenvalue weighted by atomic mass is 9.83. The Hall–Kier alpha value is -8.26. The first-order valence-corrected chi connectivity index (χ1v) is 24.4. The van der Waals surface area contributed by atoms with Crippen LogP contribution in [0.1, 0.15) is 33.3 Å². The summed E-state index contributed by atoms with van der Waals surface area (Å²) in [7, 11) is 0. The van der Waals surface area contributed by atoms with Crippen LogP contribution in [-0.4, -0.2) is 4.57 Å². The average Bonchev–Trinajstić information content (AvgIpc) is 3.73. The zero-order valence-corrected chi connectivity index (χ0v) is 39.7. The van der Waals surface area contributed by atoms with Crippen molar-refractivity contribution in [3.8, 4) is 77.9 Å². The zero-order valence-electron chi connectivity index (χ0n) is 39.7. The molecule has 11 aromatic carbocycles. The highest BCUT2D eigenvalue weighted by atomic mass is 15.0. The minimum Gasteiger partial charge on any atom is -0.341 e. The molecule has 0 aliphatic rings. The van der Waals surface area contributed by atoms with Gasteiger partial charge in [0, 0.05) is 28.4 Å². The molecule has 69 heavy (non-hydrogen) atoms. The number of benzene rings is 11. The first-order chi connectivity index (χ1) is 33.8. The Kier molecular flexibility index (Phi) is 10.4. The van der Waals surface area contributed by atoms with E-state index in [1.165, 1.54) is 127 Å². The van der Waals surface area contributed by atoms with Gasteiger partial charge in [-0.2, -0.15) is 0 Å². The minimum absolute atomic E-state index is 0.0851. The molecular weight excluding hydrogens is 831 g/mol. The predicted octanol–water partition coefficient (Wildman–Crippen LogP) is 19.1. The number of aromatic nitrogens is 1. The maximum absolute atomic E-state index is 2.45. The number of nitrogens with zero attached hydrogens (tertiary/aromatic N) is 1. The molecule has 0 saturated carbocycles. The Morgan fingerprint density at radius 1 is 0.275 bits per heavy atom. The minimum atomic E-state index is 0.0851. The lowest BCUT2D eigenvalue weighted by molar-refractivity contribution is 0.591. The van der Waals surface area contributed by atoms with E-state index in [1.807, 2.05) is 0 Å². The Balaban J connectivity index is 0.975. The zero-order chi connectivity index (χ0) is 46.6. The monoisotopic (exact) mass is 883 g/mol. The second-order valence-corrected chi connectivity index (χ2v) is 19.6. The summed E-state index contributed by atoms with van der Waals surface area (Å²) in [4.78, 5) is 0. The van der Waals surface area contributed by atoms with Crippen molar-refractivity contribution in [2.24, 2.45) is 0 Å². The van der Waals surface area contributed by atoms with Crippen molar-refractivity contribution >= 4 is 43.4 Å². The number of hydrogen-bond donors (Lipinski definition) is 0. The summed E-state index contributed by atoms with van der Waals surface area (Å²) in [5.74, 6) is 0. The Labute approximate surface area is 405 Å². The van der Waals surface area contributed by atoms with E-state index in [-0.39, 0.29) is 5.41 Å². The normalized spacial score (nSPS) is 11.8. The fraction of sp³-hybridized carbons (Fsp3) is 0.0882. The molecule has 0 atom stereocenters. The van der Waals surface area contributed by atoms with Gasteiger partial charge in [0.1, 0.15) is 0 Å². The SMILES string of the molecule is CCn1c2ccc(-c3ccc(-c4ccc(-c5c6ccc(-c7ccccc7)cc6c(-c6ccc(-c7ccccc7)cc6)c6ccc(-c7ccccc7)cc56)cc4)cc3)cc2c2cc(C(C)(C)C)ccc21. The van der Waals surface area contributed by atoms with Gasteiger partial charge in [-0.3, -0.25) is 0 Å². The molecule has 1 heterocycles. The number of aryl methyl sites for hydroxylation is 1. The lowest BCUT2D eigenvalue weighted by Gasteiger charge is -2.20. The van der Waals surface area contributed by atoms with E-state index in [0.717, 1.165) is 6.54 Å². The summed E-state index contributed by atoms with van der Waals surface area (Å²) >= 11 is 0. The fourth-order valence-corrected chi connectivity index (χ4v) is 10.7. The molecule has 1 aromatic heterocycles. The quantitative estimate of drug-likeness (QED) is 0.134. The summed E-state index contributed by atoms with van der Waals surface area (Å²) in [5.41, 5.74) is 21.1. The maximum Gasteiger partial charge on any atom is 0.0491 e. The van der Waals surface area contributed by atoms with Crippen LogP contribution < -0.4 is 0 Å². The van der Waals surface area contributed by atoms with Gasteiger partial charge in [0.2, 0.25) is 0 Å². The van der Waals surface area contributed by atoms with Crippen molar-refractivity contribution in [1.82, 2.24) is 4.57 Å². The van der Waals surface area contributed by atoms with Crippen LogP contribution >= 0.6 is 0 Å². The molecule has 1 nitrogen and oxygen atoms in total. The second-order valence-electron chi connectivity index (χ2n) is 19.6. The van der Waals surface area contributed by atoms with E-state index in [1.54, 1.807) is 0 Å². The summed E-state index contributed by atoms with van der Waals surface area (Å²) in [6.45, 7) is 10.1.